The average molecular weight is 740 g/mol. The zero-order chi connectivity index (χ0) is 38.4. The first kappa shape index (κ1) is 33.6. The van der Waals surface area contributed by atoms with Crippen LogP contribution in [0.25, 0.3) is 88.0 Å². The van der Waals surface area contributed by atoms with Crippen molar-refractivity contribution in [1.29, 1.82) is 0 Å². The van der Waals surface area contributed by atoms with Crippen molar-refractivity contribution < 1.29 is 4.42 Å². The maximum atomic E-state index is 6.31. The Morgan fingerprint density at radius 3 is 1.50 bits per heavy atom. The van der Waals surface area contributed by atoms with Gasteiger partial charge in [-0.25, -0.2) is 0 Å². The minimum absolute atomic E-state index is 0.892. The van der Waals surface area contributed by atoms with E-state index in [0.717, 1.165) is 55.7 Å². The number of hydrogen-bond acceptors (Lipinski definition) is 2. The highest BCUT2D eigenvalue weighted by Gasteiger charge is 2.18. The van der Waals surface area contributed by atoms with Gasteiger partial charge in [-0.15, -0.1) is 0 Å². The molecule has 0 aliphatic heterocycles. The Balaban J connectivity index is 1.04. The normalized spacial score (nSPS) is 11.4. The summed E-state index contributed by atoms with van der Waals surface area (Å²) < 4.78 is 6.31. The highest BCUT2D eigenvalue weighted by atomic mass is 16.3. The summed E-state index contributed by atoms with van der Waals surface area (Å²) in [6, 6.07) is 80.8. The number of anilines is 3. The van der Waals surface area contributed by atoms with Gasteiger partial charge in [0.2, 0.25) is 0 Å². The molecule has 0 unspecified atom stereocenters. The minimum Gasteiger partial charge on any atom is -0.456 e. The third-order valence-corrected chi connectivity index (χ3v) is 11.4. The van der Waals surface area contributed by atoms with Gasteiger partial charge in [-0.2, -0.15) is 0 Å². The lowest BCUT2D eigenvalue weighted by molar-refractivity contribution is 0.669. The van der Waals surface area contributed by atoms with Gasteiger partial charge in [-0.1, -0.05) is 170 Å². The summed E-state index contributed by atoms with van der Waals surface area (Å²) in [7, 11) is 0. The van der Waals surface area contributed by atoms with E-state index in [0.29, 0.717) is 0 Å². The second kappa shape index (κ2) is 14.1. The van der Waals surface area contributed by atoms with E-state index in [4.69, 9.17) is 4.42 Å². The molecule has 0 amide bonds. The molecule has 0 N–H and O–H groups in total. The maximum absolute atomic E-state index is 6.31. The van der Waals surface area contributed by atoms with E-state index in [2.05, 4.69) is 217 Å². The van der Waals surface area contributed by atoms with Crippen molar-refractivity contribution >= 4 is 60.5 Å². The molecule has 10 aromatic carbocycles. The Morgan fingerprint density at radius 1 is 0.276 bits per heavy atom. The smallest absolute Gasteiger partial charge is 0.136 e. The zero-order valence-corrected chi connectivity index (χ0v) is 31.7. The van der Waals surface area contributed by atoms with Crippen LogP contribution in [0.3, 0.4) is 0 Å². The summed E-state index contributed by atoms with van der Waals surface area (Å²) in [4.78, 5) is 2.39. The summed E-state index contributed by atoms with van der Waals surface area (Å²) >= 11 is 0. The molecule has 11 aromatic rings. The first-order chi connectivity index (χ1) is 28.7. The maximum Gasteiger partial charge on any atom is 0.136 e. The summed E-state index contributed by atoms with van der Waals surface area (Å²) in [6.45, 7) is 0. The Kier molecular flexibility index (Phi) is 8.19. The predicted octanol–water partition coefficient (Wildman–Crippen LogP) is 16.0. The molecule has 272 valence electrons. The molecule has 0 fully saturated rings. The molecule has 2 nitrogen and oxygen atoms in total. The lowest BCUT2D eigenvalue weighted by Gasteiger charge is -2.27. The van der Waals surface area contributed by atoms with Gasteiger partial charge in [0.05, 0.1) is 0 Å². The van der Waals surface area contributed by atoms with Crippen LogP contribution in [0.5, 0.6) is 0 Å². The lowest BCUT2D eigenvalue weighted by Crippen LogP contribution is -2.10. The summed E-state index contributed by atoms with van der Waals surface area (Å²) in [6.07, 6.45) is 0. The molecule has 0 radical (unpaired) electrons. The van der Waals surface area contributed by atoms with E-state index in [-0.39, 0.29) is 0 Å². The third-order valence-electron chi connectivity index (χ3n) is 11.4. The number of hydrogen-bond donors (Lipinski definition) is 0. The predicted molar refractivity (Wildman–Crippen MR) is 245 cm³/mol. The highest BCUT2D eigenvalue weighted by molar-refractivity contribution is 6.12. The largest absolute Gasteiger partial charge is 0.456 e. The van der Waals surface area contributed by atoms with Crippen LogP contribution < -0.4 is 4.90 Å². The Morgan fingerprint density at radius 2 is 0.759 bits per heavy atom. The standard InChI is InChI=1S/C56H37NO/c1-2-14-42-34-44(33-32-38(42)12-1)40-30-28-39(29-31-40)43-16-7-19-47(35-43)57(48-20-8-17-45(36-48)51-24-10-15-41-13-3-4-22-50(41)51)49-21-9-18-46(37-49)52-25-11-27-55-56(52)53-23-5-6-26-54(53)58-55/h1-37H. The molecule has 0 aliphatic carbocycles. The minimum atomic E-state index is 0.892. The molecule has 0 atom stereocenters. The first-order valence-electron chi connectivity index (χ1n) is 19.8. The molecule has 0 aliphatic rings. The molecule has 0 bridgehead atoms. The zero-order valence-electron chi connectivity index (χ0n) is 31.7. The lowest BCUT2D eigenvalue weighted by atomic mass is 9.96. The van der Waals surface area contributed by atoms with Crippen LogP contribution in [0, 0.1) is 0 Å². The van der Waals surface area contributed by atoms with Crippen LogP contribution in [0.2, 0.25) is 0 Å². The molecule has 0 spiro atoms. The van der Waals surface area contributed by atoms with Gasteiger partial charge in [-0.3, -0.25) is 0 Å². The fraction of sp³-hybridized carbons (Fsp3) is 0. The Labute approximate surface area is 337 Å². The van der Waals surface area contributed by atoms with Crippen molar-refractivity contribution in [1.82, 2.24) is 0 Å². The van der Waals surface area contributed by atoms with Crippen molar-refractivity contribution in [2.24, 2.45) is 0 Å². The average Bonchev–Trinajstić information content (AvgIpc) is 3.68. The second-order valence-corrected chi connectivity index (χ2v) is 14.9. The first-order valence-corrected chi connectivity index (χ1v) is 19.8. The van der Waals surface area contributed by atoms with Crippen molar-refractivity contribution in [2.75, 3.05) is 4.90 Å². The Bertz CT molecular complexity index is 3290. The van der Waals surface area contributed by atoms with E-state index < -0.39 is 0 Å². The van der Waals surface area contributed by atoms with Crippen LogP contribution in [-0.4, -0.2) is 0 Å². The van der Waals surface area contributed by atoms with Crippen LogP contribution in [0.1, 0.15) is 0 Å². The van der Waals surface area contributed by atoms with Crippen molar-refractivity contribution in [3.05, 3.63) is 224 Å². The SMILES string of the molecule is c1cc(-c2ccc(-c3ccc4ccccc4c3)cc2)cc(N(c2cccc(-c3cccc4ccccc34)c2)c2cccc(-c3cccc4oc5ccccc5c34)c2)c1. The molecule has 1 heterocycles. The molecule has 2 heteroatoms. The molecule has 0 saturated carbocycles. The summed E-state index contributed by atoms with van der Waals surface area (Å²) in [5, 5.41) is 7.23. The summed E-state index contributed by atoms with van der Waals surface area (Å²) in [5.74, 6) is 0. The fourth-order valence-electron chi connectivity index (χ4n) is 8.61. The van der Waals surface area contributed by atoms with Gasteiger partial charge in [0.1, 0.15) is 11.2 Å². The van der Waals surface area contributed by atoms with E-state index in [1.165, 1.54) is 49.4 Å². The van der Waals surface area contributed by atoms with E-state index in [9.17, 15) is 0 Å². The fourth-order valence-corrected chi connectivity index (χ4v) is 8.61. The van der Waals surface area contributed by atoms with Gasteiger partial charge >= 0.3 is 0 Å². The highest BCUT2D eigenvalue weighted by Crippen LogP contribution is 2.42. The van der Waals surface area contributed by atoms with Crippen LogP contribution in [-0.2, 0) is 0 Å². The van der Waals surface area contributed by atoms with Crippen molar-refractivity contribution in [3.63, 3.8) is 0 Å². The van der Waals surface area contributed by atoms with E-state index in [1.807, 2.05) is 12.1 Å². The third kappa shape index (κ3) is 6.00. The number of benzene rings is 10. The van der Waals surface area contributed by atoms with Crippen LogP contribution in [0.15, 0.2) is 229 Å². The van der Waals surface area contributed by atoms with E-state index >= 15 is 0 Å². The molecule has 11 rings (SSSR count). The van der Waals surface area contributed by atoms with Crippen molar-refractivity contribution in [2.45, 2.75) is 0 Å². The number of nitrogens with zero attached hydrogens (tertiary/aromatic N) is 1. The van der Waals surface area contributed by atoms with Crippen LogP contribution >= 0.6 is 0 Å². The molecule has 0 saturated heterocycles. The van der Waals surface area contributed by atoms with Crippen LogP contribution in [0.4, 0.5) is 17.1 Å². The molecule has 1 aromatic heterocycles. The number of rotatable bonds is 7. The van der Waals surface area contributed by atoms with Gasteiger partial charge < -0.3 is 9.32 Å². The number of fused-ring (bicyclic) bond motifs is 5. The summed E-state index contributed by atoms with van der Waals surface area (Å²) in [5.41, 5.74) is 14.4. The van der Waals surface area contributed by atoms with Crippen molar-refractivity contribution in [3.8, 4) is 44.5 Å². The van der Waals surface area contributed by atoms with E-state index in [1.54, 1.807) is 0 Å². The van der Waals surface area contributed by atoms with Gasteiger partial charge in [0.25, 0.3) is 0 Å². The van der Waals surface area contributed by atoms with Gasteiger partial charge in [0, 0.05) is 27.8 Å². The molecular formula is C56H37NO. The Hall–Kier alpha value is -7.68. The topological polar surface area (TPSA) is 16.4 Å². The van der Waals surface area contributed by atoms with Gasteiger partial charge in [-0.05, 0) is 121 Å². The number of furan rings is 1. The monoisotopic (exact) mass is 739 g/mol. The second-order valence-electron chi connectivity index (χ2n) is 14.9. The molecular weight excluding hydrogens is 703 g/mol. The van der Waals surface area contributed by atoms with Gasteiger partial charge in [0.15, 0.2) is 0 Å². The quantitative estimate of drug-likeness (QED) is 0.162. The molecule has 58 heavy (non-hydrogen) atoms. The number of para-hydroxylation sites is 1.